The molecule has 5 heteroatoms. The topological polar surface area (TPSA) is 79.5 Å². The van der Waals surface area contributed by atoms with Gasteiger partial charge in [0.25, 0.3) is 0 Å². The molecule has 5 nitrogen and oxygen atoms in total. The minimum absolute atomic E-state index is 0.0633. The number of guanidine groups is 1. The van der Waals surface area contributed by atoms with Crippen LogP contribution in [0.3, 0.4) is 0 Å². The molecule has 0 bridgehead atoms. The Morgan fingerprint density at radius 3 is 2.33 bits per heavy atom. The molecule has 0 radical (unpaired) electrons. The smallest absolute Gasteiger partial charge is 0.188 e. The second kappa shape index (κ2) is 8.91. The molecule has 0 rings (SSSR count). The first-order chi connectivity index (χ1) is 8.38. The van der Waals surface area contributed by atoms with Gasteiger partial charge in [-0.25, -0.2) is 0 Å². The number of ketones is 1. The SMILES string of the molecule is CN=C(N)NCCC[C@@H](NC(C)C)C(=O)C(C)C. The molecule has 18 heavy (non-hydrogen) atoms. The van der Waals surface area contributed by atoms with Crippen LogP contribution in [0, 0.1) is 5.92 Å². The first kappa shape index (κ1) is 16.9. The third kappa shape index (κ3) is 7.27. The molecule has 0 aromatic carbocycles. The Hall–Kier alpha value is -1.10. The summed E-state index contributed by atoms with van der Waals surface area (Å²) in [5.41, 5.74) is 5.53. The number of rotatable bonds is 8. The molecule has 0 aliphatic heterocycles. The predicted molar refractivity (Wildman–Crippen MR) is 76.7 cm³/mol. The van der Waals surface area contributed by atoms with Crippen molar-refractivity contribution in [2.45, 2.75) is 52.6 Å². The van der Waals surface area contributed by atoms with Crippen LogP contribution in [0.5, 0.6) is 0 Å². The van der Waals surface area contributed by atoms with Gasteiger partial charge in [0.05, 0.1) is 6.04 Å². The number of carbonyl (C=O) groups is 1. The van der Waals surface area contributed by atoms with Crippen LogP contribution in [-0.2, 0) is 4.79 Å². The minimum Gasteiger partial charge on any atom is -0.370 e. The summed E-state index contributed by atoms with van der Waals surface area (Å²) in [4.78, 5) is 15.8. The lowest BCUT2D eigenvalue weighted by Gasteiger charge is -2.22. The van der Waals surface area contributed by atoms with Crippen molar-refractivity contribution < 1.29 is 4.79 Å². The molecule has 0 saturated heterocycles. The van der Waals surface area contributed by atoms with E-state index in [1.54, 1.807) is 7.05 Å². The van der Waals surface area contributed by atoms with Crippen molar-refractivity contribution >= 4 is 11.7 Å². The number of hydrogen-bond acceptors (Lipinski definition) is 3. The molecule has 0 amide bonds. The van der Waals surface area contributed by atoms with Crippen molar-refractivity contribution in [3.8, 4) is 0 Å². The standard InChI is InChI=1S/C13H28N4O/c1-9(2)12(18)11(17-10(3)4)7-6-8-16-13(14)15-5/h9-11,17H,6-8H2,1-5H3,(H3,14,15,16)/t11-/m1/s1. The van der Waals surface area contributed by atoms with Crippen LogP contribution >= 0.6 is 0 Å². The summed E-state index contributed by atoms with van der Waals surface area (Å²) in [7, 11) is 1.65. The molecule has 1 atom stereocenters. The Kier molecular flexibility index (Phi) is 8.37. The Bertz CT molecular complexity index is 274. The van der Waals surface area contributed by atoms with Crippen LogP contribution in [0.4, 0.5) is 0 Å². The highest BCUT2D eigenvalue weighted by Gasteiger charge is 2.20. The van der Waals surface area contributed by atoms with Crippen LogP contribution < -0.4 is 16.4 Å². The van der Waals surface area contributed by atoms with Crippen molar-refractivity contribution in [2.75, 3.05) is 13.6 Å². The van der Waals surface area contributed by atoms with E-state index in [1.165, 1.54) is 0 Å². The summed E-state index contributed by atoms with van der Waals surface area (Å²) < 4.78 is 0. The highest BCUT2D eigenvalue weighted by molar-refractivity contribution is 5.85. The van der Waals surface area contributed by atoms with Crippen molar-refractivity contribution in [3.63, 3.8) is 0 Å². The lowest BCUT2D eigenvalue weighted by Crippen LogP contribution is -2.43. The zero-order chi connectivity index (χ0) is 14.1. The summed E-state index contributed by atoms with van der Waals surface area (Å²) in [5, 5.41) is 6.32. The van der Waals surface area contributed by atoms with Gasteiger partial charge in [0.2, 0.25) is 0 Å². The number of aliphatic imine (C=N–C) groups is 1. The highest BCUT2D eigenvalue weighted by Crippen LogP contribution is 2.06. The zero-order valence-electron chi connectivity index (χ0n) is 12.3. The van der Waals surface area contributed by atoms with E-state index in [0.29, 0.717) is 12.0 Å². The van der Waals surface area contributed by atoms with Crippen molar-refractivity contribution in [3.05, 3.63) is 0 Å². The second-order valence-corrected chi connectivity index (χ2v) is 5.11. The van der Waals surface area contributed by atoms with Crippen molar-refractivity contribution in [1.82, 2.24) is 10.6 Å². The van der Waals surface area contributed by atoms with Crippen molar-refractivity contribution in [1.29, 1.82) is 0 Å². The molecule has 0 unspecified atom stereocenters. The fourth-order valence-electron chi connectivity index (χ4n) is 1.71. The first-order valence-corrected chi connectivity index (χ1v) is 6.64. The number of nitrogens with two attached hydrogens (primary N) is 1. The molecule has 0 spiro atoms. The summed E-state index contributed by atoms with van der Waals surface area (Å²) in [5.74, 6) is 0.788. The number of hydrogen-bond donors (Lipinski definition) is 3. The van der Waals surface area contributed by atoms with Crippen LogP contribution in [0.2, 0.25) is 0 Å². The van der Waals surface area contributed by atoms with Crippen LogP contribution in [0.15, 0.2) is 4.99 Å². The van der Waals surface area contributed by atoms with Gasteiger partial charge in [-0.05, 0) is 12.8 Å². The fourth-order valence-corrected chi connectivity index (χ4v) is 1.71. The summed E-state index contributed by atoms with van der Waals surface area (Å²) in [6.45, 7) is 8.74. The van der Waals surface area contributed by atoms with E-state index in [9.17, 15) is 4.79 Å². The normalized spacial score (nSPS) is 14.1. The summed E-state index contributed by atoms with van der Waals surface area (Å²) in [6.07, 6.45) is 1.71. The van der Waals surface area contributed by atoms with Gasteiger partial charge in [-0.15, -0.1) is 0 Å². The molecule has 0 fully saturated rings. The summed E-state index contributed by atoms with van der Waals surface area (Å²) >= 11 is 0. The zero-order valence-corrected chi connectivity index (χ0v) is 12.3. The average molecular weight is 256 g/mol. The molecule has 0 aromatic heterocycles. The van der Waals surface area contributed by atoms with Gasteiger partial charge in [-0.3, -0.25) is 9.79 Å². The monoisotopic (exact) mass is 256 g/mol. The Morgan fingerprint density at radius 2 is 1.89 bits per heavy atom. The van der Waals surface area contributed by atoms with E-state index in [-0.39, 0.29) is 17.7 Å². The molecule has 0 heterocycles. The maximum Gasteiger partial charge on any atom is 0.188 e. The second-order valence-electron chi connectivity index (χ2n) is 5.11. The fraction of sp³-hybridized carbons (Fsp3) is 0.846. The Morgan fingerprint density at radius 1 is 1.28 bits per heavy atom. The molecule has 0 saturated carbocycles. The van der Waals surface area contributed by atoms with Crippen molar-refractivity contribution in [2.24, 2.45) is 16.6 Å². The van der Waals surface area contributed by atoms with Gasteiger partial charge < -0.3 is 16.4 Å². The minimum atomic E-state index is -0.0633. The molecule has 0 aliphatic carbocycles. The molecule has 4 N–H and O–H groups in total. The number of carbonyl (C=O) groups excluding carboxylic acids is 1. The predicted octanol–water partition coefficient (Wildman–Crippen LogP) is 0.892. The van der Waals surface area contributed by atoms with Gasteiger partial charge in [0, 0.05) is 25.6 Å². The maximum atomic E-state index is 12.0. The first-order valence-electron chi connectivity index (χ1n) is 6.64. The average Bonchev–Trinajstić information content (AvgIpc) is 2.30. The molecular formula is C13H28N4O. The highest BCUT2D eigenvalue weighted by atomic mass is 16.1. The van der Waals surface area contributed by atoms with Gasteiger partial charge in [-0.1, -0.05) is 27.7 Å². The van der Waals surface area contributed by atoms with E-state index < -0.39 is 0 Å². The third-order valence-corrected chi connectivity index (χ3v) is 2.66. The van der Waals surface area contributed by atoms with Crippen LogP contribution in [0.25, 0.3) is 0 Å². The molecule has 0 aromatic rings. The number of nitrogens with zero attached hydrogens (tertiary/aromatic N) is 1. The lowest BCUT2D eigenvalue weighted by molar-refractivity contribution is -0.124. The van der Waals surface area contributed by atoms with E-state index >= 15 is 0 Å². The van der Waals surface area contributed by atoms with Gasteiger partial charge in [0.1, 0.15) is 0 Å². The quantitative estimate of drug-likeness (QED) is 0.342. The maximum absolute atomic E-state index is 12.0. The van der Waals surface area contributed by atoms with E-state index in [0.717, 1.165) is 19.4 Å². The van der Waals surface area contributed by atoms with Crippen LogP contribution in [-0.4, -0.2) is 37.4 Å². The van der Waals surface area contributed by atoms with E-state index in [4.69, 9.17) is 5.73 Å². The third-order valence-electron chi connectivity index (χ3n) is 2.66. The van der Waals surface area contributed by atoms with Crippen LogP contribution in [0.1, 0.15) is 40.5 Å². The van der Waals surface area contributed by atoms with E-state index in [2.05, 4.69) is 29.5 Å². The van der Waals surface area contributed by atoms with Gasteiger partial charge >= 0.3 is 0 Å². The summed E-state index contributed by atoms with van der Waals surface area (Å²) in [6, 6.07) is 0.250. The molecule has 0 aliphatic rings. The number of nitrogens with one attached hydrogen (secondary N) is 2. The Labute approximate surface area is 111 Å². The molecule has 106 valence electrons. The Balaban J connectivity index is 4.13. The number of Topliss-reactive ketones (excluding diaryl/α,β-unsaturated/α-hetero) is 1. The lowest BCUT2D eigenvalue weighted by atomic mass is 9.97. The van der Waals surface area contributed by atoms with E-state index in [1.807, 2.05) is 13.8 Å². The largest absolute Gasteiger partial charge is 0.370 e. The molecular weight excluding hydrogens is 228 g/mol. The van der Waals surface area contributed by atoms with Gasteiger partial charge in [-0.2, -0.15) is 0 Å². The van der Waals surface area contributed by atoms with Gasteiger partial charge in [0.15, 0.2) is 11.7 Å².